The van der Waals surface area contributed by atoms with Gasteiger partial charge in [-0.1, -0.05) is 47.0 Å². The summed E-state index contributed by atoms with van der Waals surface area (Å²) >= 11 is 5.48. The third-order valence-electron chi connectivity index (χ3n) is 2.43. The second kappa shape index (κ2) is 9.16. The zero-order valence-electron chi connectivity index (χ0n) is 12.1. The SMILES string of the molecule is CSc1ccccc1NC(=O)CSc1nnc(SCC(N)=O)s1. The van der Waals surface area contributed by atoms with Gasteiger partial charge in [-0.15, -0.1) is 22.0 Å². The molecule has 0 saturated heterocycles. The number of carbonyl (C=O) groups is 2. The molecule has 23 heavy (non-hydrogen) atoms. The van der Waals surface area contributed by atoms with Crippen LogP contribution in [0.2, 0.25) is 0 Å². The molecular formula is C13H14N4O2S4. The van der Waals surface area contributed by atoms with Gasteiger partial charge >= 0.3 is 0 Å². The molecule has 0 fully saturated rings. The fourth-order valence-corrected chi connectivity index (χ4v) is 4.62. The third-order valence-corrected chi connectivity index (χ3v) is 6.44. The van der Waals surface area contributed by atoms with Crippen LogP contribution in [0.5, 0.6) is 0 Å². The third kappa shape index (κ3) is 6.05. The first-order valence-electron chi connectivity index (χ1n) is 6.38. The largest absolute Gasteiger partial charge is 0.369 e. The molecule has 6 nitrogen and oxygen atoms in total. The molecule has 1 heterocycles. The van der Waals surface area contributed by atoms with Crippen LogP contribution in [0.25, 0.3) is 0 Å². The lowest BCUT2D eigenvalue weighted by molar-refractivity contribution is -0.115. The zero-order chi connectivity index (χ0) is 16.7. The molecule has 0 spiro atoms. The summed E-state index contributed by atoms with van der Waals surface area (Å²) in [5, 5.41) is 10.8. The van der Waals surface area contributed by atoms with E-state index in [2.05, 4.69) is 15.5 Å². The number of amides is 2. The number of hydrogen-bond acceptors (Lipinski definition) is 8. The highest BCUT2D eigenvalue weighted by Gasteiger charge is 2.10. The van der Waals surface area contributed by atoms with E-state index in [1.807, 2.05) is 30.5 Å². The summed E-state index contributed by atoms with van der Waals surface area (Å²) in [7, 11) is 0. The number of nitrogens with two attached hydrogens (primary N) is 1. The first-order valence-corrected chi connectivity index (χ1v) is 10.4. The quantitative estimate of drug-likeness (QED) is 0.673. The van der Waals surface area contributed by atoms with Crippen molar-refractivity contribution in [2.45, 2.75) is 13.6 Å². The number of aromatic nitrogens is 2. The summed E-state index contributed by atoms with van der Waals surface area (Å²) in [6.07, 6.45) is 1.96. The Kier molecular flexibility index (Phi) is 7.21. The van der Waals surface area contributed by atoms with Crippen LogP contribution in [-0.4, -0.2) is 39.8 Å². The predicted octanol–water partition coefficient (Wildman–Crippen LogP) is 2.57. The van der Waals surface area contributed by atoms with E-state index in [0.717, 1.165) is 10.6 Å². The lowest BCUT2D eigenvalue weighted by Gasteiger charge is -2.08. The summed E-state index contributed by atoms with van der Waals surface area (Å²) < 4.78 is 1.35. The Morgan fingerprint density at radius 1 is 1.17 bits per heavy atom. The van der Waals surface area contributed by atoms with E-state index in [9.17, 15) is 9.59 Å². The monoisotopic (exact) mass is 386 g/mol. The first kappa shape index (κ1) is 18.1. The molecule has 0 bridgehead atoms. The normalized spacial score (nSPS) is 10.5. The van der Waals surface area contributed by atoms with Gasteiger partial charge in [0.2, 0.25) is 11.8 Å². The predicted molar refractivity (Wildman–Crippen MR) is 97.4 cm³/mol. The van der Waals surface area contributed by atoms with Gasteiger partial charge in [0.15, 0.2) is 8.68 Å². The summed E-state index contributed by atoms with van der Waals surface area (Å²) in [5.74, 6) is -0.0763. The van der Waals surface area contributed by atoms with Gasteiger partial charge in [0, 0.05) is 4.90 Å². The Bertz CT molecular complexity index is 692. The van der Waals surface area contributed by atoms with Gasteiger partial charge in [-0.2, -0.15) is 0 Å². The minimum absolute atomic E-state index is 0.0990. The van der Waals surface area contributed by atoms with Gasteiger partial charge in [0.25, 0.3) is 0 Å². The van der Waals surface area contributed by atoms with Crippen molar-refractivity contribution in [1.82, 2.24) is 10.2 Å². The van der Waals surface area contributed by atoms with Crippen molar-refractivity contribution in [2.24, 2.45) is 5.73 Å². The summed E-state index contributed by atoms with van der Waals surface area (Å²) in [5.41, 5.74) is 5.89. The fraction of sp³-hybridized carbons (Fsp3) is 0.231. The zero-order valence-corrected chi connectivity index (χ0v) is 15.4. The highest BCUT2D eigenvalue weighted by Crippen LogP contribution is 2.29. The maximum Gasteiger partial charge on any atom is 0.234 e. The first-order chi connectivity index (χ1) is 11.1. The van der Waals surface area contributed by atoms with E-state index in [-0.39, 0.29) is 17.4 Å². The molecule has 1 aromatic carbocycles. The van der Waals surface area contributed by atoms with Gasteiger partial charge in [0.05, 0.1) is 17.2 Å². The lowest BCUT2D eigenvalue weighted by atomic mass is 10.3. The molecule has 2 rings (SSSR count). The van der Waals surface area contributed by atoms with Crippen LogP contribution in [0.1, 0.15) is 0 Å². The number of nitrogens with zero attached hydrogens (tertiary/aromatic N) is 2. The van der Waals surface area contributed by atoms with Crippen molar-refractivity contribution < 1.29 is 9.59 Å². The average Bonchev–Trinajstić information content (AvgIpc) is 2.99. The maximum atomic E-state index is 12.0. The van der Waals surface area contributed by atoms with Crippen LogP contribution in [-0.2, 0) is 9.59 Å². The number of benzene rings is 1. The molecule has 2 amide bonds. The van der Waals surface area contributed by atoms with E-state index in [1.165, 1.54) is 34.9 Å². The summed E-state index contributed by atoms with van der Waals surface area (Å²) in [6, 6.07) is 7.65. The summed E-state index contributed by atoms with van der Waals surface area (Å²) in [6.45, 7) is 0. The van der Waals surface area contributed by atoms with E-state index in [4.69, 9.17) is 5.73 Å². The van der Waals surface area contributed by atoms with Crippen LogP contribution in [0.15, 0.2) is 37.8 Å². The van der Waals surface area contributed by atoms with E-state index in [0.29, 0.717) is 8.68 Å². The van der Waals surface area contributed by atoms with Gasteiger partial charge in [-0.3, -0.25) is 9.59 Å². The Hall–Kier alpha value is -1.23. The van der Waals surface area contributed by atoms with Crippen molar-refractivity contribution in [1.29, 1.82) is 0 Å². The van der Waals surface area contributed by atoms with Crippen molar-refractivity contribution in [3.05, 3.63) is 24.3 Å². The molecule has 10 heteroatoms. The number of carbonyl (C=O) groups excluding carboxylic acids is 2. The van der Waals surface area contributed by atoms with Crippen LogP contribution in [0, 0.1) is 0 Å². The van der Waals surface area contributed by atoms with E-state index >= 15 is 0 Å². The minimum atomic E-state index is -0.397. The van der Waals surface area contributed by atoms with Gasteiger partial charge in [-0.05, 0) is 18.4 Å². The minimum Gasteiger partial charge on any atom is -0.369 e. The molecule has 0 aliphatic carbocycles. The smallest absolute Gasteiger partial charge is 0.234 e. The molecule has 0 radical (unpaired) electrons. The molecule has 2 aromatic rings. The number of hydrogen-bond donors (Lipinski definition) is 2. The molecule has 0 aliphatic rings. The number of anilines is 1. The molecule has 0 atom stereocenters. The molecule has 0 unspecified atom stereocenters. The van der Waals surface area contributed by atoms with E-state index < -0.39 is 5.91 Å². The van der Waals surface area contributed by atoms with Crippen LogP contribution in [0.4, 0.5) is 5.69 Å². The molecule has 122 valence electrons. The van der Waals surface area contributed by atoms with Crippen molar-refractivity contribution in [2.75, 3.05) is 23.1 Å². The Labute approximate surface area is 150 Å². The maximum absolute atomic E-state index is 12.0. The molecule has 0 aliphatic heterocycles. The number of rotatable bonds is 8. The second-order valence-corrected chi connectivity index (χ2v) is 8.40. The van der Waals surface area contributed by atoms with E-state index in [1.54, 1.807) is 11.8 Å². The van der Waals surface area contributed by atoms with Gasteiger partial charge < -0.3 is 11.1 Å². The van der Waals surface area contributed by atoms with Gasteiger partial charge in [-0.25, -0.2) is 0 Å². The number of primary amides is 1. The van der Waals surface area contributed by atoms with Crippen molar-refractivity contribution in [3.8, 4) is 0 Å². The molecule has 3 N–H and O–H groups in total. The van der Waals surface area contributed by atoms with Crippen LogP contribution >= 0.6 is 46.6 Å². The highest BCUT2D eigenvalue weighted by molar-refractivity contribution is 8.03. The molecule has 0 saturated carbocycles. The van der Waals surface area contributed by atoms with Crippen LogP contribution < -0.4 is 11.1 Å². The lowest BCUT2D eigenvalue weighted by Crippen LogP contribution is -2.14. The number of thioether (sulfide) groups is 3. The van der Waals surface area contributed by atoms with Gasteiger partial charge in [0.1, 0.15) is 0 Å². The highest BCUT2D eigenvalue weighted by atomic mass is 32.2. The van der Waals surface area contributed by atoms with Crippen molar-refractivity contribution in [3.63, 3.8) is 0 Å². The van der Waals surface area contributed by atoms with Crippen molar-refractivity contribution >= 4 is 64.1 Å². The Morgan fingerprint density at radius 3 is 2.48 bits per heavy atom. The summed E-state index contributed by atoms with van der Waals surface area (Å²) in [4.78, 5) is 23.8. The number of para-hydroxylation sites is 1. The second-order valence-electron chi connectivity index (χ2n) is 4.13. The van der Waals surface area contributed by atoms with Crippen LogP contribution in [0.3, 0.4) is 0 Å². The Balaban J connectivity index is 1.83. The molecule has 1 aromatic heterocycles. The fourth-order valence-electron chi connectivity index (χ4n) is 1.51. The Morgan fingerprint density at radius 2 is 1.83 bits per heavy atom. The average molecular weight is 387 g/mol. The number of nitrogens with one attached hydrogen (secondary N) is 1. The standard InChI is InChI=1S/C13H14N4O2S4/c1-20-9-5-3-2-4-8(9)15-11(19)7-22-13-17-16-12(23-13)21-6-10(14)18/h2-5H,6-7H2,1H3,(H2,14,18)(H,15,19). The topological polar surface area (TPSA) is 98.0 Å². The molecular weight excluding hydrogens is 372 g/mol.